The Labute approximate surface area is 143 Å². The number of methoxy groups -OCH3 is 2. The van der Waals surface area contributed by atoms with Crippen LogP contribution in [0.4, 0.5) is 0 Å². The van der Waals surface area contributed by atoms with Gasteiger partial charge in [0.25, 0.3) is 0 Å². The number of pyridine rings is 1. The minimum Gasteiger partial charge on any atom is -0.381 e. The van der Waals surface area contributed by atoms with Crippen LogP contribution < -0.4 is 0 Å². The van der Waals surface area contributed by atoms with Crippen molar-refractivity contribution in [3.63, 3.8) is 0 Å². The number of rotatable bonds is 4. The molecule has 0 aromatic carbocycles. The van der Waals surface area contributed by atoms with Crippen LogP contribution in [0.5, 0.6) is 0 Å². The average Bonchev–Trinajstić information content (AvgIpc) is 3.13. The molecule has 1 saturated heterocycles. The molecule has 0 unspecified atom stereocenters. The van der Waals surface area contributed by atoms with Crippen LogP contribution in [0.25, 0.3) is 5.65 Å². The first-order valence-corrected chi connectivity index (χ1v) is 8.91. The molecule has 4 rings (SSSR count). The van der Waals surface area contributed by atoms with Gasteiger partial charge in [0.15, 0.2) is 0 Å². The molecule has 0 bridgehead atoms. The monoisotopic (exact) mass is 329 g/mol. The maximum Gasteiger partial charge on any atom is 0.137 e. The van der Waals surface area contributed by atoms with E-state index in [0.29, 0.717) is 12.1 Å². The lowest BCUT2D eigenvalue weighted by Gasteiger charge is -2.43. The summed E-state index contributed by atoms with van der Waals surface area (Å²) >= 11 is 0. The highest BCUT2D eigenvalue weighted by molar-refractivity contribution is 5.42. The lowest BCUT2D eigenvalue weighted by molar-refractivity contribution is -0.0948. The third-order valence-corrected chi connectivity index (χ3v) is 6.17. The number of likely N-dealkylation sites (tertiary alicyclic amines) is 1. The Kier molecular flexibility index (Phi) is 4.11. The van der Waals surface area contributed by atoms with Crippen molar-refractivity contribution in [2.24, 2.45) is 0 Å². The van der Waals surface area contributed by atoms with E-state index >= 15 is 0 Å². The molecule has 3 atom stereocenters. The van der Waals surface area contributed by atoms with Gasteiger partial charge in [0, 0.05) is 39.5 Å². The molecule has 3 heterocycles. The van der Waals surface area contributed by atoms with Crippen molar-refractivity contribution in [1.29, 1.82) is 0 Å². The van der Waals surface area contributed by atoms with Gasteiger partial charge in [-0.1, -0.05) is 6.07 Å². The molecule has 0 N–H and O–H groups in total. The minimum absolute atomic E-state index is 0.00340. The first-order chi connectivity index (χ1) is 11.7. The van der Waals surface area contributed by atoms with Crippen molar-refractivity contribution < 1.29 is 9.47 Å². The normalized spacial score (nSPS) is 30.8. The van der Waals surface area contributed by atoms with Gasteiger partial charge in [-0.3, -0.25) is 4.90 Å². The summed E-state index contributed by atoms with van der Waals surface area (Å²) in [7, 11) is 3.71. The smallest absolute Gasteiger partial charge is 0.137 e. The van der Waals surface area contributed by atoms with E-state index < -0.39 is 0 Å². The van der Waals surface area contributed by atoms with Gasteiger partial charge in [-0.15, -0.1) is 0 Å². The Bertz CT molecular complexity index is 728. The van der Waals surface area contributed by atoms with Gasteiger partial charge in [0.1, 0.15) is 5.65 Å². The quantitative estimate of drug-likeness (QED) is 0.865. The Hall–Kier alpha value is -1.43. The van der Waals surface area contributed by atoms with Crippen molar-refractivity contribution in [1.82, 2.24) is 14.3 Å². The molecule has 5 nitrogen and oxygen atoms in total. The molecule has 1 aliphatic carbocycles. The van der Waals surface area contributed by atoms with Crippen LogP contribution in [-0.4, -0.2) is 52.8 Å². The summed E-state index contributed by atoms with van der Waals surface area (Å²) in [5.41, 5.74) is 3.44. The topological polar surface area (TPSA) is 39.0 Å². The summed E-state index contributed by atoms with van der Waals surface area (Å²) in [6.07, 6.45) is 6.82. The van der Waals surface area contributed by atoms with Gasteiger partial charge in [0.05, 0.1) is 23.1 Å². The lowest BCUT2D eigenvalue weighted by Crippen LogP contribution is -2.51. The number of aromatic nitrogens is 2. The highest BCUT2D eigenvalue weighted by atomic mass is 16.5. The second-order valence-electron chi connectivity index (χ2n) is 7.21. The zero-order chi connectivity index (χ0) is 16.7. The van der Waals surface area contributed by atoms with Crippen molar-refractivity contribution in [2.45, 2.75) is 56.9 Å². The fraction of sp³-hybridized carbons (Fsp3) is 0.632. The van der Waals surface area contributed by atoms with Crippen LogP contribution in [0.3, 0.4) is 0 Å². The van der Waals surface area contributed by atoms with E-state index in [0.717, 1.165) is 50.1 Å². The first-order valence-electron chi connectivity index (χ1n) is 8.91. The number of hydrogen-bond acceptors (Lipinski definition) is 4. The lowest BCUT2D eigenvalue weighted by atomic mass is 9.79. The summed E-state index contributed by atoms with van der Waals surface area (Å²) in [5, 5.41) is 0. The number of hydrogen-bond donors (Lipinski definition) is 0. The second-order valence-corrected chi connectivity index (χ2v) is 7.21. The molecule has 2 aromatic rings. The highest BCUT2D eigenvalue weighted by Gasteiger charge is 2.51. The SMILES string of the molecule is CO[C@@H]1CC[C@@]2(OC)CCN(Cc3c(C)nc4ccccn34)[C@H]2C1. The Morgan fingerprint density at radius 1 is 1.29 bits per heavy atom. The molecule has 1 aliphatic heterocycles. The molecule has 5 heteroatoms. The first kappa shape index (κ1) is 16.1. The summed E-state index contributed by atoms with van der Waals surface area (Å²) < 4.78 is 13.9. The number of nitrogens with zero attached hydrogens (tertiary/aromatic N) is 3. The molecule has 2 fully saturated rings. The average molecular weight is 329 g/mol. The highest BCUT2D eigenvalue weighted by Crippen LogP contribution is 2.43. The number of fused-ring (bicyclic) bond motifs is 2. The van der Waals surface area contributed by atoms with Crippen LogP contribution in [0.15, 0.2) is 24.4 Å². The standard InChI is InChI=1S/C19H27N3O2/c1-14-16(22-10-5-4-6-18(22)20-14)13-21-11-9-19(24-3)8-7-15(23-2)12-17(19)21/h4-6,10,15,17H,7-9,11-13H2,1-3H3/t15-,17+,19-/m1/s1. The van der Waals surface area contributed by atoms with Gasteiger partial charge in [-0.05, 0) is 44.7 Å². The number of aryl methyl sites for hydroxylation is 1. The molecule has 1 saturated carbocycles. The van der Waals surface area contributed by atoms with E-state index in [-0.39, 0.29) is 5.60 Å². The van der Waals surface area contributed by atoms with Crippen LogP contribution in [0.1, 0.15) is 37.1 Å². The summed E-state index contributed by atoms with van der Waals surface area (Å²) in [6.45, 7) is 4.11. The molecule has 0 amide bonds. The van der Waals surface area contributed by atoms with Crippen LogP contribution >= 0.6 is 0 Å². The molecule has 0 spiro atoms. The molecule has 0 radical (unpaired) electrons. The minimum atomic E-state index is 0.00340. The Morgan fingerprint density at radius 2 is 2.17 bits per heavy atom. The van der Waals surface area contributed by atoms with Crippen molar-refractivity contribution in [2.75, 3.05) is 20.8 Å². The fourth-order valence-electron chi connectivity index (χ4n) is 4.71. The van der Waals surface area contributed by atoms with Crippen molar-refractivity contribution in [3.8, 4) is 0 Å². The van der Waals surface area contributed by atoms with E-state index in [1.165, 1.54) is 5.69 Å². The van der Waals surface area contributed by atoms with E-state index in [1.54, 1.807) is 0 Å². The van der Waals surface area contributed by atoms with Crippen LogP contribution in [-0.2, 0) is 16.0 Å². The zero-order valence-electron chi connectivity index (χ0n) is 14.9. The fourth-order valence-corrected chi connectivity index (χ4v) is 4.71. The third-order valence-electron chi connectivity index (χ3n) is 6.17. The number of ether oxygens (including phenoxy) is 2. The maximum absolute atomic E-state index is 6.04. The van der Waals surface area contributed by atoms with E-state index in [1.807, 2.05) is 20.3 Å². The molecule has 24 heavy (non-hydrogen) atoms. The van der Waals surface area contributed by atoms with Gasteiger partial charge in [-0.2, -0.15) is 0 Å². The Balaban J connectivity index is 1.63. The molecule has 2 aromatic heterocycles. The van der Waals surface area contributed by atoms with Crippen molar-refractivity contribution >= 4 is 5.65 Å². The maximum atomic E-state index is 6.04. The molecule has 2 aliphatic rings. The van der Waals surface area contributed by atoms with Crippen LogP contribution in [0.2, 0.25) is 0 Å². The predicted octanol–water partition coefficient (Wildman–Crippen LogP) is 2.80. The van der Waals surface area contributed by atoms with Gasteiger partial charge in [0.2, 0.25) is 0 Å². The largest absolute Gasteiger partial charge is 0.381 e. The summed E-state index contributed by atoms with van der Waals surface area (Å²) in [6, 6.07) is 6.61. The van der Waals surface area contributed by atoms with E-state index in [9.17, 15) is 0 Å². The van der Waals surface area contributed by atoms with Crippen LogP contribution in [0, 0.1) is 6.92 Å². The van der Waals surface area contributed by atoms with Gasteiger partial charge >= 0.3 is 0 Å². The molecule has 130 valence electrons. The zero-order valence-corrected chi connectivity index (χ0v) is 14.9. The van der Waals surface area contributed by atoms with E-state index in [4.69, 9.17) is 14.5 Å². The number of imidazole rings is 1. The molecular formula is C19H27N3O2. The second kappa shape index (κ2) is 6.14. The van der Waals surface area contributed by atoms with Gasteiger partial charge < -0.3 is 13.9 Å². The molecular weight excluding hydrogens is 302 g/mol. The third kappa shape index (κ3) is 2.46. The van der Waals surface area contributed by atoms with Crippen molar-refractivity contribution in [3.05, 3.63) is 35.8 Å². The Morgan fingerprint density at radius 3 is 2.96 bits per heavy atom. The van der Waals surface area contributed by atoms with Gasteiger partial charge in [-0.25, -0.2) is 4.98 Å². The summed E-state index contributed by atoms with van der Waals surface area (Å²) in [5.74, 6) is 0. The predicted molar refractivity (Wildman–Crippen MR) is 93.1 cm³/mol. The van der Waals surface area contributed by atoms with E-state index in [2.05, 4.69) is 34.6 Å². The summed E-state index contributed by atoms with van der Waals surface area (Å²) in [4.78, 5) is 7.29.